The van der Waals surface area contributed by atoms with Crippen LogP contribution in [0.4, 0.5) is 0 Å². The van der Waals surface area contributed by atoms with Crippen LogP contribution in [0.2, 0.25) is 0 Å². The van der Waals surface area contributed by atoms with Gasteiger partial charge in [-0.05, 0) is 20.3 Å². The summed E-state index contributed by atoms with van der Waals surface area (Å²) in [7, 11) is 0. The van der Waals surface area contributed by atoms with Crippen molar-refractivity contribution in [2.24, 2.45) is 0 Å². The quantitative estimate of drug-likeness (QED) is 0.162. The smallest absolute Gasteiger partial charge is 0.163 e. The molecule has 1 fully saturated rings. The highest BCUT2D eigenvalue weighted by Gasteiger charge is 2.32. The first kappa shape index (κ1) is 26.6. The van der Waals surface area contributed by atoms with Crippen LogP contribution in [0.15, 0.2) is 12.7 Å². The van der Waals surface area contributed by atoms with E-state index in [2.05, 4.69) is 13.5 Å². The number of rotatable bonds is 20. The summed E-state index contributed by atoms with van der Waals surface area (Å²) in [5.74, 6) is -0.484. The van der Waals surface area contributed by atoms with Crippen molar-refractivity contribution in [1.29, 1.82) is 0 Å². The van der Waals surface area contributed by atoms with Crippen molar-refractivity contribution in [3.63, 3.8) is 0 Å². The predicted octanol–water partition coefficient (Wildman–Crippen LogP) is 6.82. The lowest BCUT2D eigenvalue weighted by Crippen LogP contribution is -2.27. The summed E-state index contributed by atoms with van der Waals surface area (Å²) in [6.45, 7) is 12.3. The lowest BCUT2D eigenvalue weighted by Gasteiger charge is -2.19. The molecule has 0 amide bonds. The molecule has 0 bridgehead atoms. The third kappa shape index (κ3) is 15.1. The molecule has 0 aliphatic carbocycles. The van der Waals surface area contributed by atoms with Gasteiger partial charge in [-0.25, -0.2) is 0 Å². The summed E-state index contributed by atoms with van der Waals surface area (Å²) < 4.78 is 23.1. The second-order valence-electron chi connectivity index (χ2n) is 8.91. The van der Waals surface area contributed by atoms with Crippen LogP contribution in [0.1, 0.15) is 104 Å². The third-order valence-electron chi connectivity index (χ3n) is 5.50. The Morgan fingerprint density at radius 3 is 2.07 bits per heavy atom. The fourth-order valence-electron chi connectivity index (χ4n) is 3.81. The zero-order chi connectivity index (χ0) is 21.2. The maximum atomic E-state index is 5.88. The maximum absolute atomic E-state index is 5.88. The SMILES string of the molecule is C=CCOC(CCCCCCCCCCCCCC)COCC1COC(C)(C)O1. The van der Waals surface area contributed by atoms with Crippen LogP contribution in [0.25, 0.3) is 0 Å². The molecule has 172 valence electrons. The van der Waals surface area contributed by atoms with E-state index in [1.807, 2.05) is 19.9 Å². The predicted molar refractivity (Wildman–Crippen MR) is 121 cm³/mol. The summed E-state index contributed by atoms with van der Waals surface area (Å²) in [4.78, 5) is 0. The Hall–Kier alpha value is -0.420. The van der Waals surface area contributed by atoms with Gasteiger partial charge in [-0.2, -0.15) is 0 Å². The normalized spacial score (nSPS) is 19.5. The molecular weight excluding hydrogens is 364 g/mol. The largest absolute Gasteiger partial charge is 0.376 e. The van der Waals surface area contributed by atoms with Gasteiger partial charge in [-0.3, -0.25) is 0 Å². The molecule has 0 aromatic carbocycles. The molecule has 0 aromatic heterocycles. The topological polar surface area (TPSA) is 36.9 Å². The summed E-state index contributed by atoms with van der Waals surface area (Å²) in [6, 6.07) is 0. The van der Waals surface area contributed by atoms with E-state index in [1.54, 1.807) is 0 Å². The minimum Gasteiger partial charge on any atom is -0.376 e. The van der Waals surface area contributed by atoms with E-state index in [9.17, 15) is 0 Å². The van der Waals surface area contributed by atoms with E-state index in [-0.39, 0.29) is 12.2 Å². The van der Waals surface area contributed by atoms with Crippen LogP contribution in [0.5, 0.6) is 0 Å². The van der Waals surface area contributed by atoms with Gasteiger partial charge < -0.3 is 18.9 Å². The maximum Gasteiger partial charge on any atom is 0.163 e. The molecule has 2 unspecified atom stereocenters. The molecule has 1 aliphatic heterocycles. The van der Waals surface area contributed by atoms with Gasteiger partial charge in [0.05, 0.1) is 32.5 Å². The molecule has 1 rings (SSSR count). The molecular formula is C25H48O4. The number of ether oxygens (including phenoxy) is 4. The van der Waals surface area contributed by atoms with Crippen LogP contribution < -0.4 is 0 Å². The zero-order valence-corrected chi connectivity index (χ0v) is 19.6. The van der Waals surface area contributed by atoms with Crippen molar-refractivity contribution in [3.8, 4) is 0 Å². The Balaban J connectivity index is 1.99. The van der Waals surface area contributed by atoms with Crippen molar-refractivity contribution in [1.82, 2.24) is 0 Å². The molecule has 2 atom stereocenters. The zero-order valence-electron chi connectivity index (χ0n) is 19.6. The lowest BCUT2D eigenvalue weighted by molar-refractivity contribution is -0.146. The average molecular weight is 413 g/mol. The van der Waals surface area contributed by atoms with Crippen LogP contribution in [0, 0.1) is 0 Å². The first-order valence-electron chi connectivity index (χ1n) is 12.2. The number of hydrogen-bond donors (Lipinski definition) is 0. The number of unbranched alkanes of at least 4 members (excludes halogenated alkanes) is 11. The molecule has 4 heteroatoms. The number of hydrogen-bond acceptors (Lipinski definition) is 4. The Kier molecular flexibility index (Phi) is 15.9. The second kappa shape index (κ2) is 17.3. The van der Waals surface area contributed by atoms with Gasteiger partial charge in [-0.1, -0.05) is 90.0 Å². The summed E-state index contributed by atoms with van der Waals surface area (Å²) in [5, 5.41) is 0. The standard InChI is InChI=1S/C25H48O4/c1-5-7-8-9-10-11-12-13-14-15-16-17-18-23(27-19-6-2)20-26-21-24-22-28-25(3,4)29-24/h6,23-24H,2,5,7-22H2,1,3-4H3. The minimum atomic E-state index is -0.484. The van der Waals surface area contributed by atoms with Crippen molar-refractivity contribution < 1.29 is 18.9 Å². The Morgan fingerprint density at radius 2 is 1.55 bits per heavy atom. The Morgan fingerprint density at radius 1 is 0.966 bits per heavy atom. The van der Waals surface area contributed by atoms with E-state index in [1.165, 1.54) is 77.0 Å². The lowest BCUT2D eigenvalue weighted by atomic mass is 10.0. The molecule has 1 heterocycles. The molecule has 0 radical (unpaired) electrons. The van der Waals surface area contributed by atoms with Crippen LogP contribution >= 0.6 is 0 Å². The molecule has 0 aromatic rings. The van der Waals surface area contributed by atoms with Gasteiger partial charge in [0.2, 0.25) is 0 Å². The third-order valence-corrected chi connectivity index (χ3v) is 5.50. The monoisotopic (exact) mass is 412 g/mol. The van der Waals surface area contributed by atoms with Gasteiger partial charge in [0.25, 0.3) is 0 Å². The van der Waals surface area contributed by atoms with Gasteiger partial charge in [0, 0.05) is 0 Å². The van der Waals surface area contributed by atoms with Crippen LogP contribution in [0.3, 0.4) is 0 Å². The molecule has 1 saturated heterocycles. The fourth-order valence-corrected chi connectivity index (χ4v) is 3.81. The van der Waals surface area contributed by atoms with Crippen LogP contribution in [-0.2, 0) is 18.9 Å². The molecule has 0 saturated carbocycles. The van der Waals surface area contributed by atoms with Crippen molar-refractivity contribution in [2.45, 2.75) is 122 Å². The molecule has 4 nitrogen and oxygen atoms in total. The van der Waals surface area contributed by atoms with Crippen LogP contribution in [-0.4, -0.2) is 44.4 Å². The molecule has 29 heavy (non-hydrogen) atoms. The van der Waals surface area contributed by atoms with Gasteiger partial charge in [0.1, 0.15) is 6.10 Å². The van der Waals surface area contributed by atoms with Crippen molar-refractivity contribution in [3.05, 3.63) is 12.7 Å². The van der Waals surface area contributed by atoms with Crippen molar-refractivity contribution in [2.75, 3.05) is 26.4 Å². The summed E-state index contributed by atoms with van der Waals surface area (Å²) >= 11 is 0. The highest BCUT2D eigenvalue weighted by atomic mass is 16.7. The minimum absolute atomic E-state index is 0.0247. The van der Waals surface area contributed by atoms with Gasteiger partial charge in [-0.15, -0.1) is 6.58 Å². The molecule has 0 N–H and O–H groups in total. The van der Waals surface area contributed by atoms with Gasteiger partial charge in [0.15, 0.2) is 5.79 Å². The van der Waals surface area contributed by atoms with E-state index < -0.39 is 5.79 Å². The summed E-state index contributed by atoms with van der Waals surface area (Å²) in [6.07, 6.45) is 19.5. The van der Waals surface area contributed by atoms with Crippen molar-refractivity contribution >= 4 is 0 Å². The van der Waals surface area contributed by atoms with E-state index in [0.717, 1.165) is 6.42 Å². The Labute approximate surface area is 180 Å². The second-order valence-corrected chi connectivity index (χ2v) is 8.91. The molecule has 0 spiro atoms. The highest BCUT2D eigenvalue weighted by Crippen LogP contribution is 2.22. The fraction of sp³-hybridized carbons (Fsp3) is 0.920. The molecule has 1 aliphatic rings. The average Bonchev–Trinajstić information content (AvgIpc) is 3.05. The first-order valence-corrected chi connectivity index (χ1v) is 12.2. The van der Waals surface area contributed by atoms with E-state index in [4.69, 9.17) is 18.9 Å². The summed E-state index contributed by atoms with van der Waals surface area (Å²) in [5.41, 5.74) is 0. The van der Waals surface area contributed by atoms with Gasteiger partial charge >= 0.3 is 0 Å². The highest BCUT2D eigenvalue weighted by molar-refractivity contribution is 4.71. The Bertz CT molecular complexity index is 383. The first-order chi connectivity index (χ1) is 14.1. The van der Waals surface area contributed by atoms with E-state index in [0.29, 0.717) is 26.4 Å². The van der Waals surface area contributed by atoms with E-state index >= 15 is 0 Å².